The van der Waals surface area contributed by atoms with E-state index in [1.165, 1.54) is 0 Å². The number of nitrogens with one attached hydrogen (secondary N) is 1. The van der Waals surface area contributed by atoms with Gasteiger partial charge in [0.2, 0.25) is 0 Å². The van der Waals surface area contributed by atoms with Crippen LogP contribution in [0.1, 0.15) is 5.56 Å². The van der Waals surface area contributed by atoms with Gasteiger partial charge in [-0.1, -0.05) is 30.3 Å². The van der Waals surface area contributed by atoms with Crippen molar-refractivity contribution in [2.45, 2.75) is 6.54 Å². The first-order chi connectivity index (χ1) is 10.1. The fourth-order valence-corrected chi connectivity index (χ4v) is 4.42. The first kappa shape index (κ1) is 15.2. The lowest BCUT2D eigenvalue weighted by atomic mass is 10.2. The summed E-state index contributed by atoms with van der Waals surface area (Å²) in [5.41, 5.74) is 1.82. The molecular weight excluding hydrogens is 510 g/mol. The molecule has 0 aliphatic heterocycles. The number of aromatic nitrogens is 2. The van der Waals surface area contributed by atoms with Crippen molar-refractivity contribution in [2.24, 2.45) is 0 Å². The van der Waals surface area contributed by atoms with Crippen LogP contribution in [-0.4, -0.2) is 9.55 Å². The van der Waals surface area contributed by atoms with Crippen molar-refractivity contribution >= 4 is 68.3 Å². The lowest BCUT2D eigenvalue weighted by Gasteiger charge is -2.09. The van der Waals surface area contributed by atoms with Gasteiger partial charge in [-0.25, -0.2) is 0 Å². The Morgan fingerprint density at radius 1 is 1.14 bits per heavy atom. The summed E-state index contributed by atoms with van der Waals surface area (Å²) in [6, 6.07) is 13.8. The lowest BCUT2D eigenvalue weighted by Crippen LogP contribution is -2.23. The molecule has 3 rings (SSSR count). The summed E-state index contributed by atoms with van der Waals surface area (Å²) in [6.07, 6.45) is 0. The largest absolute Gasteiger partial charge is 0.331 e. The predicted molar refractivity (Wildman–Crippen MR) is 104 cm³/mol. The van der Waals surface area contributed by atoms with Gasteiger partial charge in [-0.05, 0) is 75.1 Å². The highest BCUT2D eigenvalue weighted by atomic mass is 127. The zero-order chi connectivity index (χ0) is 15.0. The number of rotatable bonds is 2. The minimum absolute atomic E-state index is 0.0472. The molecule has 0 fully saturated rings. The van der Waals surface area contributed by atoms with Gasteiger partial charge in [0, 0.05) is 7.14 Å². The van der Waals surface area contributed by atoms with E-state index < -0.39 is 0 Å². The molecule has 0 saturated heterocycles. The van der Waals surface area contributed by atoms with Crippen LogP contribution >= 0.6 is 57.4 Å². The second-order valence-corrected chi connectivity index (χ2v) is 7.41. The molecule has 2 aromatic carbocycles. The average molecular weight is 520 g/mol. The van der Waals surface area contributed by atoms with Crippen LogP contribution in [0.3, 0.4) is 0 Å². The molecule has 0 spiro atoms. The Labute approximate surface area is 153 Å². The van der Waals surface area contributed by atoms with Crippen molar-refractivity contribution in [3.63, 3.8) is 0 Å². The van der Waals surface area contributed by atoms with Gasteiger partial charge in [0.15, 0.2) is 4.77 Å². The van der Waals surface area contributed by atoms with Crippen LogP contribution in [-0.2, 0) is 6.54 Å². The topological polar surface area (TPSA) is 37.8 Å². The quantitative estimate of drug-likeness (QED) is 0.404. The lowest BCUT2D eigenvalue weighted by molar-refractivity contribution is 0.734. The molecule has 0 atom stereocenters. The van der Waals surface area contributed by atoms with Crippen LogP contribution in [0.5, 0.6) is 0 Å². The zero-order valence-corrected chi connectivity index (χ0v) is 15.9. The molecule has 1 aromatic heterocycles. The Bertz CT molecular complexity index is 932. The summed E-state index contributed by atoms with van der Waals surface area (Å²) < 4.78 is 4.11. The van der Waals surface area contributed by atoms with Gasteiger partial charge in [-0.15, -0.1) is 0 Å². The molecule has 0 saturated carbocycles. The maximum absolute atomic E-state index is 12.7. The molecule has 0 aliphatic carbocycles. The van der Waals surface area contributed by atoms with Gasteiger partial charge < -0.3 is 4.98 Å². The second-order valence-electron chi connectivity index (χ2n) is 4.62. The summed E-state index contributed by atoms with van der Waals surface area (Å²) >= 11 is 9.80. The molecule has 1 heterocycles. The van der Waals surface area contributed by atoms with E-state index in [1.807, 2.05) is 42.5 Å². The summed E-state index contributed by atoms with van der Waals surface area (Å²) in [5, 5.41) is 0.677. The zero-order valence-electron chi connectivity index (χ0n) is 10.8. The van der Waals surface area contributed by atoms with E-state index in [0.717, 1.165) is 18.2 Å². The van der Waals surface area contributed by atoms with Gasteiger partial charge in [-0.3, -0.25) is 9.36 Å². The first-order valence-corrected chi connectivity index (χ1v) is 8.78. The summed E-state index contributed by atoms with van der Waals surface area (Å²) in [4.78, 5) is 15.9. The Kier molecular flexibility index (Phi) is 4.46. The van der Waals surface area contributed by atoms with Crippen molar-refractivity contribution in [1.82, 2.24) is 9.55 Å². The summed E-state index contributed by atoms with van der Waals surface area (Å²) in [5.74, 6) is 0. The third kappa shape index (κ3) is 3.07. The highest BCUT2D eigenvalue weighted by molar-refractivity contribution is 14.1. The van der Waals surface area contributed by atoms with Crippen molar-refractivity contribution < 1.29 is 0 Å². The minimum Gasteiger partial charge on any atom is -0.331 e. The number of hydrogen-bond donors (Lipinski definition) is 1. The smallest absolute Gasteiger partial charge is 0.262 e. The molecule has 0 unspecified atom stereocenters. The number of nitrogens with zero attached hydrogens (tertiary/aromatic N) is 1. The third-order valence-corrected chi connectivity index (χ3v) is 4.99. The number of fused-ring (bicyclic) bond motifs is 1. The second kappa shape index (κ2) is 6.17. The minimum atomic E-state index is -0.0472. The fourth-order valence-electron chi connectivity index (χ4n) is 2.19. The molecule has 21 heavy (non-hydrogen) atoms. The molecular formula is C15H10I2N2OS. The van der Waals surface area contributed by atoms with Crippen LogP contribution < -0.4 is 5.56 Å². The van der Waals surface area contributed by atoms with E-state index in [2.05, 4.69) is 50.2 Å². The van der Waals surface area contributed by atoms with Crippen molar-refractivity contribution in [1.29, 1.82) is 0 Å². The molecule has 0 radical (unpaired) electrons. The van der Waals surface area contributed by atoms with Gasteiger partial charge >= 0.3 is 0 Å². The molecule has 1 N–H and O–H groups in total. The van der Waals surface area contributed by atoms with Crippen molar-refractivity contribution in [2.75, 3.05) is 0 Å². The summed E-state index contributed by atoms with van der Waals surface area (Å²) in [6.45, 7) is 0.479. The normalized spacial score (nSPS) is 11.0. The molecule has 3 nitrogen and oxygen atoms in total. The maximum atomic E-state index is 12.7. The predicted octanol–water partition coefficient (Wildman–Crippen LogP) is 4.32. The average Bonchev–Trinajstić information content (AvgIpc) is 2.46. The van der Waals surface area contributed by atoms with Gasteiger partial charge in [0.25, 0.3) is 5.56 Å². The molecule has 106 valence electrons. The fraction of sp³-hybridized carbons (Fsp3) is 0.0667. The number of H-pyrrole nitrogens is 1. The summed E-state index contributed by atoms with van der Waals surface area (Å²) in [7, 11) is 0. The maximum Gasteiger partial charge on any atom is 0.262 e. The van der Waals surface area contributed by atoms with Crippen molar-refractivity contribution in [3.8, 4) is 0 Å². The SMILES string of the molecule is O=c1c2cc(I)cc(I)c2[nH]c(=S)n1Cc1ccccc1. The number of benzene rings is 2. The van der Waals surface area contributed by atoms with Crippen LogP contribution in [0.2, 0.25) is 0 Å². The number of halogens is 2. The third-order valence-electron chi connectivity index (χ3n) is 3.19. The van der Waals surface area contributed by atoms with Crippen molar-refractivity contribution in [3.05, 3.63) is 70.3 Å². The van der Waals surface area contributed by atoms with Crippen LogP contribution in [0, 0.1) is 11.9 Å². The van der Waals surface area contributed by atoms with E-state index in [4.69, 9.17) is 12.2 Å². The van der Waals surface area contributed by atoms with E-state index in [1.54, 1.807) is 4.57 Å². The molecule has 3 aromatic rings. The Balaban J connectivity index is 2.25. The molecule has 6 heteroatoms. The number of hydrogen-bond acceptors (Lipinski definition) is 2. The molecule has 0 bridgehead atoms. The van der Waals surface area contributed by atoms with Gasteiger partial charge in [0.05, 0.1) is 17.4 Å². The highest BCUT2D eigenvalue weighted by Gasteiger charge is 2.09. The van der Waals surface area contributed by atoms with E-state index in [9.17, 15) is 4.79 Å². The van der Waals surface area contributed by atoms with E-state index in [0.29, 0.717) is 16.7 Å². The van der Waals surface area contributed by atoms with Crippen LogP contribution in [0.15, 0.2) is 47.3 Å². The Morgan fingerprint density at radius 2 is 1.86 bits per heavy atom. The van der Waals surface area contributed by atoms with E-state index >= 15 is 0 Å². The van der Waals surface area contributed by atoms with Crippen LogP contribution in [0.4, 0.5) is 0 Å². The number of aromatic amines is 1. The van der Waals surface area contributed by atoms with Gasteiger partial charge in [-0.2, -0.15) is 0 Å². The monoisotopic (exact) mass is 520 g/mol. The first-order valence-electron chi connectivity index (χ1n) is 6.22. The molecule has 0 amide bonds. The molecule has 0 aliphatic rings. The Hall–Kier alpha value is -0.740. The highest BCUT2D eigenvalue weighted by Crippen LogP contribution is 2.20. The standard InChI is InChI=1S/C15H10I2N2OS/c16-10-6-11-13(12(17)7-10)18-15(21)19(14(11)20)8-9-4-2-1-3-5-9/h1-7H,8H2,(H,18,21). The Morgan fingerprint density at radius 3 is 2.57 bits per heavy atom. The van der Waals surface area contributed by atoms with E-state index in [-0.39, 0.29) is 5.56 Å². The van der Waals surface area contributed by atoms with Crippen LogP contribution in [0.25, 0.3) is 10.9 Å². The van der Waals surface area contributed by atoms with Gasteiger partial charge in [0.1, 0.15) is 0 Å².